The SMILES string of the molecule is CC1(C)CC[C@]2(C(=O)Nc3ccccc3)CC[C@]3(C)C(C(=O)C=C4[C@@]5(C)C=C(C#N)C(=O)C(C)(C)[C@@H]5CC[C@]43C)C2C1. The van der Waals surface area contributed by atoms with Gasteiger partial charge in [0, 0.05) is 22.4 Å². The third-order valence-corrected chi connectivity index (χ3v) is 13.3. The Morgan fingerprint density at radius 3 is 2.26 bits per heavy atom. The van der Waals surface area contributed by atoms with Gasteiger partial charge in [0.1, 0.15) is 6.07 Å². The van der Waals surface area contributed by atoms with Crippen molar-refractivity contribution in [3.05, 3.63) is 53.6 Å². The van der Waals surface area contributed by atoms with Crippen LogP contribution < -0.4 is 5.32 Å². The molecule has 0 aliphatic heterocycles. The molecule has 222 valence electrons. The zero-order valence-corrected chi connectivity index (χ0v) is 26.4. The van der Waals surface area contributed by atoms with Crippen LogP contribution in [0.25, 0.3) is 0 Å². The van der Waals surface area contributed by atoms with Gasteiger partial charge < -0.3 is 5.32 Å². The molecule has 0 bridgehead atoms. The lowest BCUT2D eigenvalue weighted by Crippen LogP contribution is -2.66. The van der Waals surface area contributed by atoms with Crippen LogP contribution in [0.15, 0.2) is 53.6 Å². The molecule has 1 aromatic rings. The minimum Gasteiger partial charge on any atom is -0.326 e. The van der Waals surface area contributed by atoms with Crippen molar-refractivity contribution in [2.45, 2.75) is 93.4 Å². The van der Waals surface area contributed by atoms with Gasteiger partial charge in [0.15, 0.2) is 11.6 Å². The van der Waals surface area contributed by atoms with Crippen molar-refractivity contribution in [2.24, 2.45) is 50.2 Å². The Bertz CT molecular complexity index is 1480. The van der Waals surface area contributed by atoms with Gasteiger partial charge in [-0.3, -0.25) is 14.4 Å². The van der Waals surface area contributed by atoms with Crippen molar-refractivity contribution in [3.63, 3.8) is 0 Å². The van der Waals surface area contributed by atoms with Gasteiger partial charge in [0.05, 0.1) is 11.0 Å². The summed E-state index contributed by atoms with van der Waals surface area (Å²) in [6, 6.07) is 11.9. The zero-order chi connectivity index (χ0) is 30.5. The number of carbonyl (C=O) groups excluding carboxylic acids is 3. The first-order valence-electron chi connectivity index (χ1n) is 15.9. The van der Waals surface area contributed by atoms with Gasteiger partial charge in [-0.05, 0) is 91.2 Å². The normalized spacial score (nSPS) is 41.5. The van der Waals surface area contributed by atoms with Crippen molar-refractivity contribution in [1.82, 2.24) is 0 Å². The summed E-state index contributed by atoms with van der Waals surface area (Å²) in [7, 11) is 0. The molecule has 1 aromatic carbocycles. The molecule has 2 unspecified atom stereocenters. The van der Waals surface area contributed by atoms with E-state index in [1.54, 1.807) is 0 Å². The van der Waals surface area contributed by atoms with Crippen molar-refractivity contribution in [1.29, 1.82) is 5.26 Å². The second-order valence-electron chi connectivity index (χ2n) is 16.2. The molecule has 0 aromatic heterocycles. The summed E-state index contributed by atoms with van der Waals surface area (Å²) in [5, 5.41) is 13.2. The van der Waals surface area contributed by atoms with E-state index in [4.69, 9.17) is 0 Å². The van der Waals surface area contributed by atoms with Gasteiger partial charge in [0.2, 0.25) is 5.91 Å². The number of benzene rings is 1. The van der Waals surface area contributed by atoms with Gasteiger partial charge in [-0.25, -0.2) is 0 Å². The fourth-order valence-corrected chi connectivity index (χ4v) is 10.8. The number of hydrogen-bond acceptors (Lipinski definition) is 4. The molecule has 0 heterocycles. The van der Waals surface area contributed by atoms with E-state index in [-0.39, 0.29) is 57.0 Å². The summed E-state index contributed by atoms with van der Waals surface area (Å²) >= 11 is 0. The van der Waals surface area contributed by atoms with E-state index in [0.717, 1.165) is 56.2 Å². The van der Waals surface area contributed by atoms with Gasteiger partial charge in [-0.15, -0.1) is 0 Å². The Morgan fingerprint density at radius 1 is 0.929 bits per heavy atom. The van der Waals surface area contributed by atoms with Crippen LogP contribution in [0.4, 0.5) is 5.69 Å². The van der Waals surface area contributed by atoms with Crippen molar-refractivity contribution in [3.8, 4) is 6.07 Å². The topological polar surface area (TPSA) is 87.0 Å². The molecule has 5 aliphatic carbocycles. The molecule has 6 rings (SSSR count). The van der Waals surface area contributed by atoms with Crippen LogP contribution in [0, 0.1) is 61.6 Å². The molecular formula is C37H46N2O3. The first kappa shape index (κ1) is 29.1. The van der Waals surface area contributed by atoms with Crippen molar-refractivity contribution < 1.29 is 14.4 Å². The molecule has 5 heteroatoms. The van der Waals surface area contributed by atoms with Crippen LogP contribution >= 0.6 is 0 Å². The van der Waals surface area contributed by atoms with Crippen LogP contribution in [-0.2, 0) is 14.4 Å². The Morgan fingerprint density at radius 2 is 1.60 bits per heavy atom. The van der Waals surface area contributed by atoms with Crippen molar-refractivity contribution in [2.75, 3.05) is 5.32 Å². The maximum Gasteiger partial charge on any atom is 0.230 e. The summed E-state index contributed by atoms with van der Waals surface area (Å²) in [5.41, 5.74) is -0.257. The molecule has 3 saturated carbocycles. The summed E-state index contributed by atoms with van der Waals surface area (Å²) in [6.45, 7) is 15.4. The maximum atomic E-state index is 14.7. The van der Waals surface area contributed by atoms with E-state index in [1.807, 2.05) is 56.3 Å². The number of nitrogens with one attached hydrogen (secondary N) is 1. The number of fused-ring (bicyclic) bond motifs is 7. The zero-order valence-electron chi connectivity index (χ0n) is 26.4. The van der Waals surface area contributed by atoms with E-state index < -0.39 is 16.2 Å². The molecular weight excluding hydrogens is 520 g/mol. The predicted molar refractivity (Wildman–Crippen MR) is 164 cm³/mol. The minimum absolute atomic E-state index is 0.0230. The highest BCUT2D eigenvalue weighted by atomic mass is 16.2. The number of nitriles is 1. The molecule has 0 radical (unpaired) electrons. The van der Waals surface area contributed by atoms with Crippen LogP contribution in [0.1, 0.15) is 93.4 Å². The highest BCUT2D eigenvalue weighted by Crippen LogP contribution is 2.74. The van der Waals surface area contributed by atoms with Crippen LogP contribution in [0.5, 0.6) is 0 Å². The molecule has 42 heavy (non-hydrogen) atoms. The van der Waals surface area contributed by atoms with Gasteiger partial charge in [0.25, 0.3) is 0 Å². The van der Waals surface area contributed by atoms with E-state index in [9.17, 15) is 19.6 Å². The van der Waals surface area contributed by atoms with Gasteiger partial charge in [-0.2, -0.15) is 5.26 Å². The number of hydrogen-bond donors (Lipinski definition) is 1. The molecule has 3 fully saturated rings. The largest absolute Gasteiger partial charge is 0.326 e. The average Bonchev–Trinajstić information content (AvgIpc) is 2.92. The third-order valence-electron chi connectivity index (χ3n) is 13.3. The number of amides is 1. The second kappa shape index (κ2) is 9.01. The second-order valence-corrected chi connectivity index (χ2v) is 16.2. The average molecular weight is 567 g/mol. The van der Waals surface area contributed by atoms with E-state index >= 15 is 0 Å². The molecule has 7 atom stereocenters. The smallest absolute Gasteiger partial charge is 0.230 e. The number of ketones is 2. The lowest BCUT2D eigenvalue weighted by molar-refractivity contribution is -0.175. The third kappa shape index (κ3) is 3.69. The highest BCUT2D eigenvalue weighted by Gasteiger charge is 2.70. The lowest BCUT2D eigenvalue weighted by atomic mass is 9.34. The number of anilines is 1. The summed E-state index contributed by atoms with van der Waals surface area (Å²) in [4.78, 5) is 42.2. The summed E-state index contributed by atoms with van der Waals surface area (Å²) in [6.07, 6.45) is 9.74. The summed E-state index contributed by atoms with van der Waals surface area (Å²) in [5.74, 6) is -0.166. The van der Waals surface area contributed by atoms with Crippen molar-refractivity contribution >= 4 is 23.2 Å². The molecule has 5 aliphatic rings. The fourth-order valence-electron chi connectivity index (χ4n) is 10.8. The Kier molecular flexibility index (Phi) is 6.24. The number of Topliss-reactive ketones (excluding diaryl/α,β-unsaturated/α-hetero) is 1. The molecule has 1 N–H and O–H groups in total. The lowest BCUT2D eigenvalue weighted by Gasteiger charge is -2.69. The number of carbonyl (C=O) groups is 3. The summed E-state index contributed by atoms with van der Waals surface area (Å²) < 4.78 is 0. The van der Waals surface area contributed by atoms with E-state index in [2.05, 4.69) is 46.0 Å². The quantitative estimate of drug-likeness (QED) is 0.395. The highest BCUT2D eigenvalue weighted by molar-refractivity contribution is 6.05. The standard InChI is InChI=1S/C37H46N2O3/c1-32(2)15-17-37(31(42)39-24-11-9-8-10-12-24)18-16-36(7)29(25(37)21-32)26(40)19-28-34(5)20-23(22-38)30(41)33(3,4)27(34)13-14-35(28,36)6/h8-12,19-20,25,27,29H,13-18,21H2,1-7H3,(H,39,42)/t25?,27-,29?,34-,35+,36+,37-/m0/s1. The first-order chi connectivity index (χ1) is 19.6. The molecule has 1 amide bonds. The van der Waals surface area contributed by atoms with E-state index in [1.165, 1.54) is 0 Å². The monoisotopic (exact) mass is 566 g/mol. The first-order valence-corrected chi connectivity index (χ1v) is 15.9. The number of allylic oxidation sites excluding steroid dienone is 4. The molecule has 0 saturated heterocycles. The minimum atomic E-state index is -0.678. The number of nitrogens with zero attached hydrogens (tertiary/aromatic N) is 1. The Hall–Kier alpha value is -3.00. The Balaban J connectivity index is 1.48. The Labute approximate surface area is 251 Å². The van der Waals surface area contributed by atoms with Gasteiger partial charge in [-0.1, -0.05) is 78.3 Å². The predicted octanol–water partition coefficient (Wildman–Crippen LogP) is 7.84. The molecule has 0 spiro atoms. The van der Waals surface area contributed by atoms with Crippen LogP contribution in [0.2, 0.25) is 0 Å². The fraction of sp³-hybridized carbons (Fsp3) is 0.622. The maximum absolute atomic E-state index is 14.7. The van der Waals surface area contributed by atoms with Gasteiger partial charge >= 0.3 is 0 Å². The van der Waals surface area contributed by atoms with Crippen LogP contribution in [0.3, 0.4) is 0 Å². The number of para-hydroxylation sites is 1. The molecule has 5 nitrogen and oxygen atoms in total. The van der Waals surface area contributed by atoms with Crippen LogP contribution in [-0.4, -0.2) is 17.5 Å². The van der Waals surface area contributed by atoms with E-state index in [0.29, 0.717) is 0 Å². The number of rotatable bonds is 2.